The normalized spacial score (nSPS) is 9.56. The fraction of sp³-hybridized carbons (Fsp3) is 0.273. The molecule has 84 valence electrons. The minimum Gasteiger partial charge on any atom is -0.506 e. The van der Waals surface area contributed by atoms with Crippen molar-refractivity contribution in [3.05, 3.63) is 28.8 Å². The van der Waals surface area contributed by atoms with Crippen molar-refractivity contribution in [1.82, 2.24) is 4.90 Å². The molecular formula is C11H11ClN2O2. The Morgan fingerprint density at radius 2 is 2.31 bits per heavy atom. The number of phenolic OH excluding ortho intramolecular Hbond substituents is 1. The van der Waals surface area contributed by atoms with E-state index in [0.717, 1.165) is 0 Å². The van der Waals surface area contributed by atoms with Crippen LogP contribution in [0, 0.1) is 11.3 Å². The van der Waals surface area contributed by atoms with Gasteiger partial charge in [0.05, 0.1) is 17.5 Å². The molecule has 1 N–H and O–H groups in total. The highest BCUT2D eigenvalue weighted by atomic mass is 35.5. The Bertz CT molecular complexity index is 440. The molecule has 1 rings (SSSR count). The molecule has 0 radical (unpaired) electrons. The van der Waals surface area contributed by atoms with E-state index in [9.17, 15) is 9.90 Å². The summed E-state index contributed by atoms with van der Waals surface area (Å²) >= 11 is 5.69. The smallest absolute Gasteiger partial charge is 0.253 e. The van der Waals surface area contributed by atoms with Gasteiger partial charge in [0.15, 0.2) is 0 Å². The second-order valence-electron chi connectivity index (χ2n) is 3.30. The van der Waals surface area contributed by atoms with Crippen molar-refractivity contribution in [2.75, 3.05) is 13.6 Å². The van der Waals surface area contributed by atoms with E-state index in [-0.39, 0.29) is 23.1 Å². The van der Waals surface area contributed by atoms with Gasteiger partial charge in [-0.3, -0.25) is 4.79 Å². The summed E-state index contributed by atoms with van der Waals surface area (Å²) in [6.45, 7) is 0.369. The van der Waals surface area contributed by atoms with Gasteiger partial charge in [-0.15, -0.1) is 0 Å². The molecule has 0 aliphatic rings. The second kappa shape index (κ2) is 5.38. The maximum absolute atomic E-state index is 11.8. The lowest BCUT2D eigenvalue weighted by atomic mass is 10.2. The van der Waals surface area contributed by atoms with Crippen LogP contribution in [0.3, 0.4) is 0 Å². The van der Waals surface area contributed by atoms with Crippen LogP contribution >= 0.6 is 11.6 Å². The molecule has 0 aliphatic heterocycles. The van der Waals surface area contributed by atoms with Gasteiger partial charge in [-0.05, 0) is 18.2 Å². The zero-order chi connectivity index (χ0) is 12.1. The standard InChI is InChI=1S/C11H11ClN2O2/c1-14(6-2-5-13)11(16)8-3-4-10(15)9(12)7-8/h3-4,7,15H,2,6H2,1H3. The average Bonchev–Trinajstić information content (AvgIpc) is 2.28. The van der Waals surface area contributed by atoms with E-state index < -0.39 is 0 Å². The van der Waals surface area contributed by atoms with Crippen molar-refractivity contribution in [1.29, 1.82) is 5.26 Å². The van der Waals surface area contributed by atoms with Crippen molar-refractivity contribution in [2.45, 2.75) is 6.42 Å². The molecule has 0 atom stereocenters. The van der Waals surface area contributed by atoms with E-state index in [2.05, 4.69) is 0 Å². The van der Waals surface area contributed by atoms with Crippen LogP contribution in [-0.2, 0) is 0 Å². The van der Waals surface area contributed by atoms with Crippen LogP contribution in [-0.4, -0.2) is 29.5 Å². The van der Waals surface area contributed by atoms with Crippen LogP contribution in [0.25, 0.3) is 0 Å². The molecule has 5 heteroatoms. The third kappa shape index (κ3) is 2.88. The summed E-state index contributed by atoms with van der Waals surface area (Å²) in [6.07, 6.45) is 0.286. The first-order chi connectivity index (χ1) is 7.56. The molecule has 1 amide bonds. The van der Waals surface area contributed by atoms with Gasteiger partial charge in [-0.2, -0.15) is 5.26 Å². The zero-order valence-electron chi connectivity index (χ0n) is 8.77. The fourth-order valence-electron chi connectivity index (χ4n) is 1.18. The second-order valence-corrected chi connectivity index (χ2v) is 3.71. The van der Waals surface area contributed by atoms with Crippen molar-refractivity contribution in [3.63, 3.8) is 0 Å². The quantitative estimate of drug-likeness (QED) is 0.876. The first kappa shape index (κ1) is 12.3. The number of rotatable bonds is 3. The predicted octanol–water partition coefficient (Wildman–Crippen LogP) is 2.03. The van der Waals surface area contributed by atoms with Crippen LogP contribution in [0.2, 0.25) is 5.02 Å². The number of hydrogen-bond donors (Lipinski definition) is 1. The predicted molar refractivity (Wildman–Crippen MR) is 60.3 cm³/mol. The maximum atomic E-state index is 11.8. The van der Waals surface area contributed by atoms with Crippen LogP contribution in [0.5, 0.6) is 5.75 Å². The first-order valence-corrected chi connectivity index (χ1v) is 5.05. The van der Waals surface area contributed by atoms with Crippen LogP contribution in [0.1, 0.15) is 16.8 Å². The lowest BCUT2D eigenvalue weighted by Gasteiger charge is -2.15. The summed E-state index contributed by atoms with van der Waals surface area (Å²) in [4.78, 5) is 13.2. The van der Waals surface area contributed by atoms with Gasteiger partial charge in [-0.25, -0.2) is 0 Å². The number of nitriles is 1. The summed E-state index contributed by atoms with van der Waals surface area (Å²) in [5, 5.41) is 17.7. The molecule has 0 aromatic heterocycles. The molecule has 0 saturated heterocycles. The SMILES string of the molecule is CN(CCC#N)C(=O)c1ccc(O)c(Cl)c1. The highest BCUT2D eigenvalue weighted by Crippen LogP contribution is 2.24. The number of benzene rings is 1. The molecule has 16 heavy (non-hydrogen) atoms. The lowest BCUT2D eigenvalue weighted by molar-refractivity contribution is 0.0798. The van der Waals surface area contributed by atoms with Gasteiger partial charge in [-0.1, -0.05) is 11.6 Å². The van der Waals surface area contributed by atoms with Crippen molar-refractivity contribution < 1.29 is 9.90 Å². The minimum absolute atomic E-state index is 0.0575. The summed E-state index contributed by atoms with van der Waals surface area (Å²) in [7, 11) is 1.61. The number of phenols is 1. The van der Waals surface area contributed by atoms with E-state index in [1.54, 1.807) is 7.05 Å². The Kier molecular flexibility index (Phi) is 4.15. The molecule has 0 aliphatic carbocycles. The van der Waals surface area contributed by atoms with E-state index in [1.807, 2.05) is 6.07 Å². The minimum atomic E-state index is -0.225. The molecule has 0 unspecified atom stereocenters. The average molecular weight is 239 g/mol. The Balaban J connectivity index is 2.80. The van der Waals surface area contributed by atoms with Crippen molar-refractivity contribution in [3.8, 4) is 11.8 Å². The highest BCUT2D eigenvalue weighted by molar-refractivity contribution is 6.32. The van der Waals surface area contributed by atoms with Gasteiger partial charge in [0, 0.05) is 19.2 Å². The summed E-state index contributed by atoms with van der Waals surface area (Å²) in [6, 6.07) is 6.23. The van der Waals surface area contributed by atoms with Crippen molar-refractivity contribution in [2.24, 2.45) is 0 Å². The Hall–Kier alpha value is -1.73. The molecule has 1 aromatic carbocycles. The molecule has 0 heterocycles. The van der Waals surface area contributed by atoms with Crippen molar-refractivity contribution >= 4 is 17.5 Å². The van der Waals surface area contributed by atoms with E-state index in [0.29, 0.717) is 12.1 Å². The monoisotopic (exact) mass is 238 g/mol. The number of nitrogens with zero attached hydrogens (tertiary/aromatic N) is 2. The molecule has 0 fully saturated rings. The third-order valence-corrected chi connectivity index (χ3v) is 2.40. The molecule has 4 nitrogen and oxygen atoms in total. The highest BCUT2D eigenvalue weighted by Gasteiger charge is 2.12. The number of aromatic hydroxyl groups is 1. The van der Waals surface area contributed by atoms with Gasteiger partial charge >= 0.3 is 0 Å². The summed E-state index contributed by atoms with van der Waals surface area (Å²) < 4.78 is 0. The Labute approximate surface area is 98.7 Å². The Morgan fingerprint density at radius 3 is 2.88 bits per heavy atom. The first-order valence-electron chi connectivity index (χ1n) is 4.67. The molecule has 0 bridgehead atoms. The van der Waals surface area contributed by atoms with Gasteiger partial charge in [0.1, 0.15) is 5.75 Å². The van der Waals surface area contributed by atoms with Gasteiger partial charge in [0.2, 0.25) is 0 Å². The van der Waals surface area contributed by atoms with E-state index in [4.69, 9.17) is 16.9 Å². The van der Waals surface area contributed by atoms with E-state index >= 15 is 0 Å². The number of halogens is 1. The molecular weight excluding hydrogens is 228 g/mol. The van der Waals surface area contributed by atoms with Gasteiger partial charge < -0.3 is 10.0 Å². The Morgan fingerprint density at radius 1 is 1.62 bits per heavy atom. The zero-order valence-corrected chi connectivity index (χ0v) is 9.53. The maximum Gasteiger partial charge on any atom is 0.253 e. The number of carbonyl (C=O) groups excluding carboxylic acids is 1. The number of hydrogen-bond acceptors (Lipinski definition) is 3. The molecule has 0 spiro atoms. The summed E-state index contributed by atoms with van der Waals surface area (Å²) in [5.41, 5.74) is 0.392. The molecule has 1 aromatic rings. The number of carbonyl (C=O) groups is 1. The third-order valence-electron chi connectivity index (χ3n) is 2.10. The largest absolute Gasteiger partial charge is 0.506 e. The van der Waals surface area contributed by atoms with Crippen LogP contribution in [0.4, 0.5) is 0 Å². The fourth-order valence-corrected chi connectivity index (χ4v) is 1.36. The number of amides is 1. The topological polar surface area (TPSA) is 64.3 Å². The van der Waals surface area contributed by atoms with Crippen LogP contribution < -0.4 is 0 Å². The van der Waals surface area contributed by atoms with Gasteiger partial charge in [0.25, 0.3) is 5.91 Å². The summed E-state index contributed by atoms with van der Waals surface area (Å²) in [5.74, 6) is -0.282. The van der Waals surface area contributed by atoms with E-state index in [1.165, 1.54) is 23.1 Å². The molecule has 0 saturated carbocycles. The van der Waals surface area contributed by atoms with Crippen LogP contribution in [0.15, 0.2) is 18.2 Å². The lowest BCUT2D eigenvalue weighted by Crippen LogP contribution is -2.27.